The summed E-state index contributed by atoms with van der Waals surface area (Å²) in [6.07, 6.45) is 3.01. The molecule has 0 fully saturated rings. The minimum Gasteiger partial charge on any atom is -0.361 e. The van der Waals surface area contributed by atoms with E-state index < -0.39 is 0 Å². The van der Waals surface area contributed by atoms with E-state index in [2.05, 4.69) is 23.4 Å². The van der Waals surface area contributed by atoms with Crippen molar-refractivity contribution in [2.45, 2.75) is 39.0 Å². The van der Waals surface area contributed by atoms with E-state index >= 15 is 0 Å². The van der Waals surface area contributed by atoms with E-state index in [9.17, 15) is 4.79 Å². The summed E-state index contributed by atoms with van der Waals surface area (Å²) in [6.45, 7) is 7.08. The molecule has 0 radical (unpaired) electrons. The number of aromatic nitrogens is 3. The Hall–Kier alpha value is -2.54. The smallest absolute Gasteiger partial charge is 0.272 e. The van der Waals surface area contributed by atoms with E-state index in [4.69, 9.17) is 4.52 Å². The number of nitrogens with zero attached hydrogens (tertiary/aromatic N) is 4. The van der Waals surface area contributed by atoms with Gasteiger partial charge in [-0.3, -0.25) is 9.48 Å². The zero-order valence-corrected chi connectivity index (χ0v) is 18.5. The summed E-state index contributed by atoms with van der Waals surface area (Å²) in [5.74, 6) is 0.710. The number of thioether (sulfide) groups is 1. The van der Waals surface area contributed by atoms with Gasteiger partial charge < -0.3 is 9.42 Å². The van der Waals surface area contributed by atoms with Crippen molar-refractivity contribution in [1.29, 1.82) is 0 Å². The third-order valence-corrected chi connectivity index (χ3v) is 6.14. The summed E-state index contributed by atoms with van der Waals surface area (Å²) in [6, 6.07) is 11.8. The lowest BCUT2D eigenvalue weighted by Gasteiger charge is -2.24. The molecule has 0 aliphatic heterocycles. The molecule has 1 atom stereocenters. The van der Waals surface area contributed by atoms with E-state index in [1.165, 1.54) is 0 Å². The first kappa shape index (κ1) is 21.2. The Kier molecular flexibility index (Phi) is 6.79. The summed E-state index contributed by atoms with van der Waals surface area (Å²) in [4.78, 5) is 15.3. The standard InChI is InChI=1S/C22H28N4O2S/c1-15-13-20(25(4)23-15)22(27)26(12-11-16(2)29-5)14-19-17(3)28-24-21(19)18-9-7-6-8-10-18/h6-10,13,16H,11-12,14H2,1-5H3. The Morgan fingerprint density at radius 1 is 1.28 bits per heavy atom. The quantitative estimate of drug-likeness (QED) is 0.546. The van der Waals surface area contributed by atoms with Crippen LogP contribution in [0.3, 0.4) is 0 Å². The molecule has 0 bridgehead atoms. The second kappa shape index (κ2) is 9.31. The molecule has 1 aromatic carbocycles. The van der Waals surface area contributed by atoms with Gasteiger partial charge in [-0.15, -0.1) is 0 Å². The highest BCUT2D eigenvalue weighted by atomic mass is 32.2. The highest BCUT2D eigenvalue weighted by molar-refractivity contribution is 7.99. The van der Waals surface area contributed by atoms with E-state index in [1.54, 1.807) is 16.4 Å². The molecular weight excluding hydrogens is 384 g/mol. The maximum atomic E-state index is 13.4. The van der Waals surface area contributed by atoms with Crippen LogP contribution < -0.4 is 0 Å². The molecule has 0 aliphatic rings. The first-order valence-electron chi connectivity index (χ1n) is 9.74. The molecule has 29 heavy (non-hydrogen) atoms. The summed E-state index contributed by atoms with van der Waals surface area (Å²) in [5, 5.41) is 9.08. The predicted octanol–water partition coefficient (Wildman–Crippen LogP) is 4.48. The first-order chi connectivity index (χ1) is 13.9. The van der Waals surface area contributed by atoms with Crippen LogP contribution in [0.1, 0.15) is 40.9 Å². The fourth-order valence-electron chi connectivity index (χ4n) is 3.27. The van der Waals surface area contributed by atoms with Crippen LogP contribution in [0, 0.1) is 13.8 Å². The maximum Gasteiger partial charge on any atom is 0.272 e. The highest BCUT2D eigenvalue weighted by Gasteiger charge is 2.24. The molecule has 154 valence electrons. The SMILES string of the molecule is CSC(C)CCN(Cc1c(-c2ccccc2)noc1C)C(=O)c1cc(C)nn1C. The van der Waals surface area contributed by atoms with Crippen LogP contribution in [0.4, 0.5) is 0 Å². The van der Waals surface area contributed by atoms with Crippen molar-refractivity contribution < 1.29 is 9.32 Å². The second-order valence-corrected chi connectivity index (χ2v) is 8.56. The Balaban J connectivity index is 1.92. The van der Waals surface area contributed by atoms with Crippen molar-refractivity contribution >= 4 is 17.7 Å². The summed E-state index contributed by atoms with van der Waals surface area (Å²) in [5.41, 5.74) is 4.15. The summed E-state index contributed by atoms with van der Waals surface area (Å²) < 4.78 is 7.16. The Morgan fingerprint density at radius 2 is 2.00 bits per heavy atom. The molecular formula is C22H28N4O2S. The Labute approximate surface area is 176 Å². The fraction of sp³-hybridized carbons (Fsp3) is 0.409. The molecule has 1 amide bonds. The average molecular weight is 413 g/mol. The molecule has 0 saturated heterocycles. The van der Waals surface area contributed by atoms with Gasteiger partial charge in [-0.25, -0.2) is 0 Å². The van der Waals surface area contributed by atoms with E-state index in [1.807, 2.05) is 62.2 Å². The second-order valence-electron chi connectivity index (χ2n) is 7.29. The van der Waals surface area contributed by atoms with Gasteiger partial charge in [0.15, 0.2) is 0 Å². The third-order valence-electron chi connectivity index (χ3n) is 5.10. The van der Waals surface area contributed by atoms with Crippen LogP contribution in [0.2, 0.25) is 0 Å². The van der Waals surface area contributed by atoms with E-state index in [0.29, 0.717) is 24.0 Å². The van der Waals surface area contributed by atoms with Gasteiger partial charge in [0.1, 0.15) is 17.1 Å². The largest absolute Gasteiger partial charge is 0.361 e. The molecule has 3 aromatic rings. The molecule has 6 nitrogen and oxygen atoms in total. The van der Waals surface area contributed by atoms with Crippen LogP contribution in [-0.2, 0) is 13.6 Å². The van der Waals surface area contributed by atoms with Crippen LogP contribution >= 0.6 is 11.8 Å². The highest BCUT2D eigenvalue weighted by Crippen LogP contribution is 2.27. The van der Waals surface area contributed by atoms with E-state index in [0.717, 1.165) is 34.7 Å². The van der Waals surface area contributed by atoms with Gasteiger partial charge in [0, 0.05) is 30.0 Å². The van der Waals surface area contributed by atoms with Crippen LogP contribution in [0.15, 0.2) is 40.9 Å². The summed E-state index contributed by atoms with van der Waals surface area (Å²) >= 11 is 1.81. The monoisotopic (exact) mass is 412 g/mol. The Bertz CT molecular complexity index is 965. The number of hydrogen-bond acceptors (Lipinski definition) is 5. The zero-order valence-electron chi connectivity index (χ0n) is 17.7. The van der Waals surface area contributed by atoms with Gasteiger partial charge in [0.2, 0.25) is 0 Å². The van der Waals surface area contributed by atoms with Crippen molar-refractivity contribution in [2.75, 3.05) is 12.8 Å². The zero-order chi connectivity index (χ0) is 21.0. The van der Waals surface area contributed by atoms with Gasteiger partial charge in [-0.05, 0) is 32.6 Å². The molecule has 0 spiro atoms. The van der Waals surface area contributed by atoms with Gasteiger partial charge in [0.25, 0.3) is 5.91 Å². The third kappa shape index (κ3) is 4.90. The molecule has 2 aromatic heterocycles. The van der Waals surface area contributed by atoms with E-state index in [-0.39, 0.29) is 5.91 Å². The van der Waals surface area contributed by atoms with Crippen LogP contribution in [-0.4, -0.2) is 43.8 Å². The topological polar surface area (TPSA) is 64.2 Å². The number of amides is 1. The number of aryl methyl sites for hydroxylation is 3. The first-order valence-corrected chi connectivity index (χ1v) is 11.0. The number of rotatable bonds is 8. The molecule has 2 heterocycles. The molecule has 0 aliphatic carbocycles. The maximum absolute atomic E-state index is 13.4. The van der Waals surface area contributed by atoms with Gasteiger partial charge in [-0.1, -0.05) is 42.4 Å². The number of hydrogen-bond donors (Lipinski definition) is 0. The minimum absolute atomic E-state index is 0.0268. The normalized spacial score (nSPS) is 12.2. The molecule has 0 N–H and O–H groups in total. The van der Waals surface area contributed by atoms with Crippen LogP contribution in [0.5, 0.6) is 0 Å². The van der Waals surface area contributed by atoms with Gasteiger partial charge in [0.05, 0.1) is 12.2 Å². The fourth-order valence-corrected chi connectivity index (χ4v) is 3.61. The van der Waals surface area contributed by atoms with Crippen molar-refractivity contribution in [3.05, 3.63) is 59.1 Å². The number of carbonyl (C=O) groups excluding carboxylic acids is 1. The lowest BCUT2D eigenvalue weighted by molar-refractivity contribution is 0.0730. The lowest BCUT2D eigenvalue weighted by Crippen LogP contribution is -2.34. The molecule has 1 unspecified atom stereocenters. The van der Waals surface area contributed by atoms with Crippen LogP contribution in [0.25, 0.3) is 11.3 Å². The van der Waals surface area contributed by atoms with Crippen molar-refractivity contribution in [3.8, 4) is 11.3 Å². The van der Waals surface area contributed by atoms with Gasteiger partial charge in [-0.2, -0.15) is 16.9 Å². The molecule has 7 heteroatoms. The van der Waals surface area contributed by atoms with Crippen molar-refractivity contribution in [2.24, 2.45) is 7.05 Å². The van der Waals surface area contributed by atoms with Crippen molar-refractivity contribution in [3.63, 3.8) is 0 Å². The number of benzene rings is 1. The predicted molar refractivity (Wildman–Crippen MR) is 117 cm³/mol. The minimum atomic E-state index is -0.0268. The van der Waals surface area contributed by atoms with Crippen molar-refractivity contribution in [1.82, 2.24) is 19.8 Å². The number of carbonyl (C=O) groups is 1. The molecule has 0 saturated carbocycles. The summed E-state index contributed by atoms with van der Waals surface area (Å²) in [7, 11) is 1.81. The Morgan fingerprint density at radius 3 is 2.62 bits per heavy atom. The average Bonchev–Trinajstić information content (AvgIpc) is 3.26. The molecule has 3 rings (SSSR count). The van der Waals surface area contributed by atoms with Gasteiger partial charge >= 0.3 is 0 Å². The lowest BCUT2D eigenvalue weighted by atomic mass is 10.1.